The minimum atomic E-state index is 0.663. The van der Waals surface area contributed by atoms with Crippen LogP contribution in [-0.2, 0) is 6.42 Å². The number of aromatic nitrogens is 2. The number of ether oxygens (including phenoxy) is 1. The summed E-state index contributed by atoms with van der Waals surface area (Å²) in [7, 11) is 5.79. The number of aryl methyl sites for hydroxylation is 1. The molecule has 0 fully saturated rings. The van der Waals surface area contributed by atoms with Gasteiger partial charge in [0.15, 0.2) is 0 Å². The lowest BCUT2D eigenvalue weighted by molar-refractivity contribution is 0.414. The Labute approximate surface area is 144 Å². The summed E-state index contributed by atoms with van der Waals surface area (Å²) in [5, 5.41) is 6.63. The second-order valence-corrected chi connectivity index (χ2v) is 5.97. The van der Waals surface area contributed by atoms with Crippen LogP contribution in [0.3, 0.4) is 0 Å². The van der Waals surface area contributed by atoms with Crippen LogP contribution >= 0.6 is 0 Å². The number of likely N-dealkylation sites (N-methyl/N-ethyl adjacent to an activating group) is 1. The number of hydrogen-bond donors (Lipinski definition) is 2. The van der Waals surface area contributed by atoms with E-state index < -0.39 is 0 Å². The molecule has 1 aromatic heterocycles. The molecule has 0 aliphatic carbocycles. The number of anilines is 2. The molecular formula is C18H27N5O. The van der Waals surface area contributed by atoms with Crippen LogP contribution in [0, 0.1) is 6.92 Å². The minimum Gasteiger partial charge on any atom is -0.497 e. The maximum atomic E-state index is 5.17. The minimum absolute atomic E-state index is 0.663. The Kier molecular flexibility index (Phi) is 6.81. The van der Waals surface area contributed by atoms with Crippen LogP contribution in [0.25, 0.3) is 0 Å². The SMILES string of the molecule is COc1ccc(CCNc2nc(C)cc(NCCN(C)C)n2)cc1. The van der Waals surface area contributed by atoms with Crippen LogP contribution in [0.15, 0.2) is 30.3 Å². The fourth-order valence-electron chi connectivity index (χ4n) is 2.26. The van der Waals surface area contributed by atoms with E-state index in [-0.39, 0.29) is 0 Å². The fourth-order valence-corrected chi connectivity index (χ4v) is 2.26. The molecule has 0 atom stereocenters. The van der Waals surface area contributed by atoms with Gasteiger partial charge >= 0.3 is 0 Å². The molecule has 24 heavy (non-hydrogen) atoms. The second kappa shape index (κ2) is 9.08. The molecule has 2 N–H and O–H groups in total. The standard InChI is InChI=1S/C18H27N5O/c1-14-13-17(19-11-12-23(2)3)22-18(21-14)20-10-9-15-5-7-16(24-4)8-6-15/h5-8,13H,9-12H2,1-4H3,(H2,19,20,21,22). The molecule has 2 aromatic rings. The molecule has 1 aromatic carbocycles. The third kappa shape index (κ3) is 6.04. The van der Waals surface area contributed by atoms with Gasteiger partial charge in [-0.3, -0.25) is 0 Å². The Hall–Kier alpha value is -2.34. The Morgan fingerprint density at radius 1 is 1.04 bits per heavy atom. The van der Waals surface area contributed by atoms with Crippen molar-refractivity contribution in [2.75, 3.05) is 51.5 Å². The zero-order valence-electron chi connectivity index (χ0n) is 15.0. The molecule has 0 radical (unpaired) electrons. The van der Waals surface area contributed by atoms with Gasteiger partial charge in [0.25, 0.3) is 0 Å². The molecule has 6 nitrogen and oxygen atoms in total. The van der Waals surface area contributed by atoms with Crippen LogP contribution in [0.4, 0.5) is 11.8 Å². The van der Waals surface area contributed by atoms with E-state index >= 15 is 0 Å². The number of methoxy groups -OCH3 is 1. The lowest BCUT2D eigenvalue weighted by Gasteiger charge is -2.12. The van der Waals surface area contributed by atoms with Crippen molar-refractivity contribution in [3.63, 3.8) is 0 Å². The van der Waals surface area contributed by atoms with Crippen molar-refractivity contribution >= 4 is 11.8 Å². The van der Waals surface area contributed by atoms with Crippen LogP contribution in [0.1, 0.15) is 11.3 Å². The number of nitrogens with zero attached hydrogens (tertiary/aromatic N) is 3. The largest absolute Gasteiger partial charge is 0.497 e. The topological polar surface area (TPSA) is 62.3 Å². The van der Waals surface area contributed by atoms with Gasteiger partial charge in [-0.1, -0.05) is 12.1 Å². The molecule has 130 valence electrons. The highest BCUT2D eigenvalue weighted by molar-refractivity contribution is 5.42. The van der Waals surface area contributed by atoms with Gasteiger partial charge in [-0.15, -0.1) is 0 Å². The van der Waals surface area contributed by atoms with E-state index in [2.05, 4.69) is 51.7 Å². The van der Waals surface area contributed by atoms with E-state index in [1.165, 1.54) is 5.56 Å². The Morgan fingerprint density at radius 2 is 1.79 bits per heavy atom. The number of rotatable bonds is 9. The van der Waals surface area contributed by atoms with Crippen LogP contribution in [0.2, 0.25) is 0 Å². The molecule has 0 aliphatic rings. The van der Waals surface area contributed by atoms with E-state index in [0.29, 0.717) is 5.95 Å². The smallest absolute Gasteiger partial charge is 0.224 e. The van der Waals surface area contributed by atoms with E-state index in [9.17, 15) is 0 Å². The quantitative estimate of drug-likeness (QED) is 0.737. The molecule has 0 saturated heterocycles. The first-order valence-electron chi connectivity index (χ1n) is 8.18. The Balaban J connectivity index is 1.85. The van der Waals surface area contributed by atoms with E-state index in [1.54, 1.807) is 7.11 Å². The first kappa shape index (κ1) is 18.0. The van der Waals surface area contributed by atoms with Gasteiger partial charge in [0, 0.05) is 31.4 Å². The molecule has 0 spiro atoms. The highest BCUT2D eigenvalue weighted by Crippen LogP contribution is 2.12. The summed E-state index contributed by atoms with van der Waals surface area (Å²) in [5.41, 5.74) is 2.20. The molecule has 2 rings (SSSR count). The van der Waals surface area contributed by atoms with E-state index in [0.717, 1.165) is 43.3 Å². The van der Waals surface area contributed by atoms with Crippen LogP contribution < -0.4 is 15.4 Å². The lowest BCUT2D eigenvalue weighted by Crippen LogP contribution is -2.21. The van der Waals surface area contributed by atoms with Crippen molar-refractivity contribution < 1.29 is 4.74 Å². The van der Waals surface area contributed by atoms with Gasteiger partial charge in [-0.25, -0.2) is 4.98 Å². The predicted molar refractivity (Wildman–Crippen MR) is 99.0 cm³/mol. The Morgan fingerprint density at radius 3 is 2.46 bits per heavy atom. The normalized spacial score (nSPS) is 10.7. The van der Waals surface area contributed by atoms with Gasteiger partial charge in [0.1, 0.15) is 11.6 Å². The van der Waals surface area contributed by atoms with Crippen molar-refractivity contribution in [1.82, 2.24) is 14.9 Å². The zero-order chi connectivity index (χ0) is 17.4. The third-order valence-electron chi connectivity index (χ3n) is 3.58. The van der Waals surface area contributed by atoms with Gasteiger partial charge in [-0.05, 0) is 45.1 Å². The molecule has 6 heteroatoms. The third-order valence-corrected chi connectivity index (χ3v) is 3.58. The van der Waals surface area contributed by atoms with Crippen LogP contribution in [0.5, 0.6) is 5.75 Å². The average molecular weight is 329 g/mol. The van der Waals surface area contributed by atoms with Gasteiger partial charge in [-0.2, -0.15) is 4.98 Å². The highest BCUT2D eigenvalue weighted by Gasteiger charge is 2.02. The number of benzene rings is 1. The zero-order valence-corrected chi connectivity index (χ0v) is 15.0. The van der Waals surface area contributed by atoms with Gasteiger partial charge < -0.3 is 20.3 Å². The Bertz CT molecular complexity index is 628. The predicted octanol–water partition coefficient (Wildman–Crippen LogP) is 2.42. The van der Waals surface area contributed by atoms with Crippen LogP contribution in [-0.4, -0.2) is 55.7 Å². The van der Waals surface area contributed by atoms with Crippen molar-refractivity contribution in [2.45, 2.75) is 13.3 Å². The van der Waals surface area contributed by atoms with Crippen molar-refractivity contribution in [2.24, 2.45) is 0 Å². The molecule has 0 aliphatic heterocycles. The highest BCUT2D eigenvalue weighted by atomic mass is 16.5. The maximum Gasteiger partial charge on any atom is 0.224 e. The number of nitrogens with one attached hydrogen (secondary N) is 2. The van der Waals surface area contributed by atoms with Gasteiger partial charge in [0.05, 0.1) is 7.11 Å². The summed E-state index contributed by atoms with van der Waals surface area (Å²) in [4.78, 5) is 11.1. The molecule has 0 saturated carbocycles. The van der Waals surface area contributed by atoms with Crippen molar-refractivity contribution in [3.8, 4) is 5.75 Å². The van der Waals surface area contributed by atoms with E-state index in [1.807, 2.05) is 25.1 Å². The summed E-state index contributed by atoms with van der Waals surface area (Å²) in [6.45, 7) is 4.58. The van der Waals surface area contributed by atoms with E-state index in [4.69, 9.17) is 4.74 Å². The summed E-state index contributed by atoms with van der Waals surface area (Å²) in [6.07, 6.45) is 0.907. The maximum absolute atomic E-state index is 5.17. The molecule has 0 amide bonds. The number of hydrogen-bond acceptors (Lipinski definition) is 6. The molecule has 0 bridgehead atoms. The first-order chi connectivity index (χ1) is 11.6. The summed E-state index contributed by atoms with van der Waals surface area (Å²) in [6, 6.07) is 10.1. The molecular weight excluding hydrogens is 302 g/mol. The monoisotopic (exact) mass is 329 g/mol. The molecule has 1 heterocycles. The average Bonchev–Trinajstić information content (AvgIpc) is 2.55. The van der Waals surface area contributed by atoms with Gasteiger partial charge in [0.2, 0.25) is 5.95 Å². The second-order valence-electron chi connectivity index (χ2n) is 5.97. The van der Waals surface area contributed by atoms with Crippen molar-refractivity contribution in [1.29, 1.82) is 0 Å². The van der Waals surface area contributed by atoms with Crippen molar-refractivity contribution in [3.05, 3.63) is 41.6 Å². The lowest BCUT2D eigenvalue weighted by atomic mass is 10.1. The first-order valence-corrected chi connectivity index (χ1v) is 8.18. The molecule has 0 unspecified atom stereocenters. The fraction of sp³-hybridized carbons (Fsp3) is 0.444. The summed E-state index contributed by atoms with van der Waals surface area (Å²) in [5.74, 6) is 2.40. The summed E-state index contributed by atoms with van der Waals surface area (Å²) < 4.78 is 5.17. The summed E-state index contributed by atoms with van der Waals surface area (Å²) >= 11 is 0.